The number of hydrogen-bond donors (Lipinski definition) is 0. The van der Waals surface area contributed by atoms with Crippen LogP contribution in [0.5, 0.6) is 11.5 Å². The maximum atomic E-state index is 5.87. The van der Waals surface area contributed by atoms with E-state index in [1.165, 1.54) is 28.6 Å². The molecule has 7 nitrogen and oxygen atoms in total. The first-order valence-electron chi connectivity index (χ1n) is 8.52. The molecule has 0 bridgehead atoms. The zero-order chi connectivity index (χ0) is 17.8. The molecule has 1 aliphatic heterocycles. The van der Waals surface area contributed by atoms with Crippen molar-refractivity contribution in [1.29, 1.82) is 0 Å². The molecule has 1 aliphatic carbocycles. The van der Waals surface area contributed by atoms with Crippen molar-refractivity contribution in [3.63, 3.8) is 0 Å². The number of ether oxygens (including phenoxy) is 2. The first-order chi connectivity index (χ1) is 13.3. The van der Waals surface area contributed by atoms with E-state index >= 15 is 0 Å². The summed E-state index contributed by atoms with van der Waals surface area (Å²) in [4.78, 5) is 11.4. The van der Waals surface area contributed by atoms with Crippen molar-refractivity contribution in [3.05, 3.63) is 35.0 Å². The van der Waals surface area contributed by atoms with Gasteiger partial charge in [-0.15, -0.1) is 21.5 Å². The summed E-state index contributed by atoms with van der Waals surface area (Å²) in [5.74, 6) is 1.85. The molecular formula is C18H12N4O3S2. The molecule has 0 atom stereocenters. The Balaban J connectivity index is 1.35. The average Bonchev–Trinajstić information content (AvgIpc) is 3.44. The average molecular weight is 396 g/mol. The van der Waals surface area contributed by atoms with Gasteiger partial charge in [0.1, 0.15) is 16.2 Å². The highest BCUT2D eigenvalue weighted by Crippen LogP contribution is 2.42. The number of aryl methyl sites for hydroxylation is 2. The van der Waals surface area contributed by atoms with Crippen LogP contribution in [-0.2, 0) is 12.8 Å². The number of benzene rings is 1. The molecule has 3 aromatic heterocycles. The summed E-state index contributed by atoms with van der Waals surface area (Å²) < 4.78 is 16.6. The smallest absolute Gasteiger partial charge is 0.283 e. The maximum Gasteiger partial charge on any atom is 0.283 e. The van der Waals surface area contributed by atoms with Crippen LogP contribution in [0.25, 0.3) is 21.7 Å². The van der Waals surface area contributed by atoms with Crippen molar-refractivity contribution in [3.8, 4) is 23.0 Å². The normalized spacial score (nSPS) is 14.8. The molecule has 4 aromatic rings. The largest absolute Gasteiger partial charge is 0.454 e. The van der Waals surface area contributed by atoms with E-state index in [2.05, 4.69) is 20.2 Å². The summed E-state index contributed by atoms with van der Waals surface area (Å²) in [5.41, 5.74) is 2.18. The molecule has 6 rings (SSSR count). The van der Waals surface area contributed by atoms with E-state index < -0.39 is 0 Å². The van der Waals surface area contributed by atoms with E-state index in [1.807, 2.05) is 18.2 Å². The van der Waals surface area contributed by atoms with Gasteiger partial charge in [0, 0.05) is 15.8 Å². The molecule has 0 radical (unpaired) electrons. The molecule has 134 valence electrons. The summed E-state index contributed by atoms with van der Waals surface area (Å²) in [7, 11) is 0. The van der Waals surface area contributed by atoms with Crippen molar-refractivity contribution in [2.75, 3.05) is 6.79 Å². The summed E-state index contributed by atoms with van der Waals surface area (Å²) in [6.45, 7) is 0.235. The predicted molar refractivity (Wildman–Crippen MR) is 99.4 cm³/mol. The van der Waals surface area contributed by atoms with Crippen molar-refractivity contribution >= 4 is 33.3 Å². The van der Waals surface area contributed by atoms with Gasteiger partial charge < -0.3 is 13.9 Å². The first-order valence-corrected chi connectivity index (χ1v) is 10.1. The Morgan fingerprint density at radius 3 is 3.00 bits per heavy atom. The minimum atomic E-state index is 0.235. The van der Waals surface area contributed by atoms with E-state index in [9.17, 15) is 0 Å². The SMILES string of the molecule is c1nc(Sc2nnc(-c3ccc4c(c3)OCO4)o2)c2c3c(sc2n1)CCC3. The van der Waals surface area contributed by atoms with Crippen molar-refractivity contribution < 1.29 is 13.9 Å². The van der Waals surface area contributed by atoms with Gasteiger partial charge in [-0.1, -0.05) is 0 Å². The highest BCUT2D eigenvalue weighted by Gasteiger charge is 2.23. The minimum absolute atomic E-state index is 0.235. The maximum absolute atomic E-state index is 5.87. The molecule has 1 aromatic carbocycles. The molecule has 27 heavy (non-hydrogen) atoms. The van der Waals surface area contributed by atoms with Gasteiger partial charge in [0.05, 0.1) is 0 Å². The molecule has 4 heterocycles. The number of hydrogen-bond acceptors (Lipinski definition) is 9. The molecule has 0 unspecified atom stereocenters. The first kappa shape index (κ1) is 15.4. The zero-order valence-electron chi connectivity index (χ0n) is 14.0. The fraction of sp³-hybridized carbons (Fsp3) is 0.222. The summed E-state index contributed by atoms with van der Waals surface area (Å²) in [6.07, 6.45) is 5.02. The Kier molecular flexibility index (Phi) is 3.38. The van der Waals surface area contributed by atoms with Crippen LogP contribution in [0, 0.1) is 0 Å². The number of aromatic nitrogens is 4. The molecular weight excluding hydrogens is 384 g/mol. The lowest BCUT2D eigenvalue weighted by Crippen LogP contribution is -1.92. The van der Waals surface area contributed by atoms with Crippen LogP contribution in [0.1, 0.15) is 16.9 Å². The second-order valence-electron chi connectivity index (χ2n) is 6.26. The van der Waals surface area contributed by atoms with Gasteiger partial charge in [0.25, 0.3) is 5.22 Å². The summed E-state index contributed by atoms with van der Waals surface area (Å²) in [5, 5.41) is 10.8. The van der Waals surface area contributed by atoms with Crippen LogP contribution in [0.15, 0.2) is 39.2 Å². The molecule has 0 fully saturated rings. The Labute approximate surface area is 161 Å². The highest BCUT2D eigenvalue weighted by molar-refractivity contribution is 7.99. The van der Waals surface area contributed by atoms with Gasteiger partial charge in [-0.25, -0.2) is 9.97 Å². The van der Waals surface area contributed by atoms with Crippen LogP contribution in [0.2, 0.25) is 0 Å². The van der Waals surface area contributed by atoms with Crippen molar-refractivity contribution in [2.45, 2.75) is 29.5 Å². The lowest BCUT2D eigenvalue weighted by Gasteiger charge is -2.00. The van der Waals surface area contributed by atoms with Crippen molar-refractivity contribution in [2.24, 2.45) is 0 Å². The lowest BCUT2D eigenvalue weighted by molar-refractivity contribution is 0.174. The second-order valence-corrected chi connectivity index (χ2v) is 8.28. The Morgan fingerprint density at radius 1 is 1.04 bits per heavy atom. The second kappa shape index (κ2) is 5.93. The van der Waals surface area contributed by atoms with E-state index in [1.54, 1.807) is 17.7 Å². The Hall–Kier alpha value is -2.65. The van der Waals surface area contributed by atoms with Crippen LogP contribution in [0.4, 0.5) is 0 Å². The van der Waals surface area contributed by atoms with Crippen LogP contribution < -0.4 is 9.47 Å². The van der Waals surface area contributed by atoms with Crippen LogP contribution >= 0.6 is 23.1 Å². The van der Waals surface area contributed by atoms with Gasteiger partial charge in [-0.3, -0.25) is 0 Å². The summed E-state index contributed by atoms with van der Waals surface area (Å²) >= 11 is 3.16. The Morgan fingerprint density at radius 2 is 2.00 bits per heavy atom. The van der Waals surface area contributed by atoms with Crippen LogP contribution in [0.3, 0.4) is 0 Å². The molecule has 0 saturated carbocycles. The summed E-state index contributed by atoms with van der Waals surface area (Å²) in [6, 6.07) is 5.57. The molecule has 0 amide bonds. The number of fused-ring (bicyclic) bond motifs is 4. The predicted octanol–water partition coefficient (Wildman–Crippen LogP) is 4.11. The monoisotopic (exact) mass is 396 g/mol. The highest BCUT2D eigenvalue weighted by atomic mass is 32.2. The van der Waals surface area contributed by atoms with Crippen molar-refractivity contribution in [1.82, 2.24) is 20.2 Å². The number of nitrogens with zero attached hydrogens (tertiary/aromatic N) is 4. The van der Waals surface area contributed by atoms with E-state index in [0.29, 0.717) is 16.9 Å². The van der Waals surface area contributed by atoms with Gasteiger partial charge in [0.15, 0.2) is 11.5 Å². The van der Waals surface area contributed by atoms with Gasteiger partial charge in [-0.05, 0) is 54.8 Å². The minimum Gasteiger partial charge on any atom is -0.454 e. The van der Waals surface area contributed by atoms with E-state index in [0.717, 1.165) is 39.4 Å². The zero-order valence-corrected chi connectivity index (χ0v) is 15.6. The molecule has 0 spiro atoms. The number of rotatable bonds is 3. The number of thiophene rings is 1. The van der Waals surface area contributed by atoms with Gasteiger partial charge in [-0.2, -0.15) is 0 Å². The van der Waals surface area contributed by atoms with Gasteiger partial charge in [0.2, 0.25) is 12.7 Å². The molecule has 0 N–H and O–H groups in total. The van der Waals surface area contributed by atoms with E-state index in [-0.39, 0.29) is 6.79 Å². The van der Waals surface area contributed by atoms with Crippen LogP contribution in [-0.4, -0.2) is 27.0 Å². The fourth-order valence-electron chi connectivity index (χ4n) is 3.46. The Bertz CT molecular complexity index is 1190. The topological polar surface area (TPSA) is 83.2 Å². The fourth-order valence-corrected chi connectivity index (χ4v) is 5.54. The van der Waals surface area contributed by atoms with E-state index in [4.69, 9.17) is 13.9 Å². The third kappa shape index (κ3) is 2.49. The quantitative estimate of drug-likeness (QED) is 0.479. The standard InChI is InChI=1S/C18H12N4O3S2/c1-2-10-13(3-1)26-16-14(10)17(20-7-19-16)27-18-22-21-15(25-18)9-4-5-11-12(6-9)24-8-23-11/h4-7H,1-3,8H2. The third-order valence-electron chi connectivity index (χ3n) is 4.68. The molecule has 0 saturated heterocycles. The third-order valence-corrected chi connectivity index (χ3v) is 6.72. The lowest BCUT2D eigenvalue weighted by atomic mass is 10.2. The van der Waals surface area contributed by atoms with Gasteiger partial charge >= 0.3 is 0 Å². The molecule has 2 aliphatic rings. The molecule has 9 heteroatoms.